The van der Waals surface area contributed by atoms with Crippen LogP contribution in [-0.2, 0) is 0 Å². The third-order valence-corrected chi connectivity index (χ3v) is 3.08. The van der Waals surface area contributed by atoms with Crippen molar-refractivity contribution in [1.82, 2.24) is 0 Å². The van der Waals surface area contributed by atoms with Crippen LogP contribution in [0.5, 0.6) is 11.5 Å². The van der Waals surface area contributed by atoms with Crippen LogP contribution in [0.1, 0.15) is 5.56 Å². The van der Waals surface area contributed by atoms with E-state index in [4.69, 9.17) is 27.3 Å². The van der Waals surface area contributed by atoms with Crippen LogP contribution >= 0.6 is 27.5 Å². The summed E-state index contributed by atoms with van der Waals surface area (Å²) in [5.74, 6) is 0.997. The highest BCUT2D eigenvalue weighted by Gasteiger charge is 2.06. The first-order valence-electron chi connectivity index (χ1n) is 5.02. The van der Waals surface area contributed by atoms with Crippen molar-refractivity contribution in [1.29, 1.82) is 5.26 Å². The molecule has 2 rings (SSSR count). The Balaban J connectivity index is 2.36. The average molecular weight is 324 g/mol. The maximum absolute atomic E-state index is 8.99. The molecule has 0 fully saturated rings. The Morgan fingerprint density at radius 3 is 2.67 bits per heavy atom. The van der Waals surface area contributed by atoms with Gasteiger partial charge in [-0.25, -0.2) is 0 Å². The first-order chi connectivity index (χ1) is 8.60. The Morgan fingerprint density at radius 2 is 2.00 bits per heavy atom. The van der Waals surface area contributed by atoms with Crippen molar-refractivity contribution in [2.45, 2.75) is 0 Å². The van der Waals surface area contributed by atoms with Crippen molar-refractivity contribution >= 4 is 33.2 Å². The van der Waals surface area contributed by atoms with Gasteiger partial charge in [-0.2, -0.15) is 5.26 Å². The van der Waals surface area contributed by atoms with Gasteiger partial charge in [-0.3, -0.25) is 0 Å². The Labute approximate surface area is 118 Å². The molecular weight excluding hydrogens is 316 g/mol. The molecule has 2 aromatic rings. The number of nitrogen functional groups attached to an aromatic ring is 1. The fraction of sp³-hybridized carbons (Fsp3) is 0. The zero-order valence-electron chi connectivity index (χ0n) is 9.15. The Kier molecular flexibility index (Phi) is 3.75. The fourth-order valence-corrected chi connectivity index (χ4v) is 1.88. The molecule has 0 spiro atoms. The summed E-state index contributed by atoms with van der Waals surface area (Å²) in [6, 6.07) is 12.2. The molecule has 0 aliphatic carbocycles. The number of hydrogen-bond donors (Lipinski definition) is 1. The van der Waals surface area contributed by atoms with Crippen LogP contribution in [0.2, 0.25) is 5.02 Å². The fourth-order valence-electron chi connectivity index (χ4n) is 1.37. The number of halogens is 2. The highest BCUT2D eigenvalue weighted by molar-refractivity contribution is 9.10. The molecule has 0 aliphatic rings. The minimum atomic E-state index is 0.418. The van der Waals surface area contributed by atoms with Gasteiger partial charge in [0, 0.05) is 10.5 Å². The molecule has 0 heterocycles. The number of nitrogens with zero attached hydrogens (tertiary/aromatic N) is 1. The maximum atomic E-state index is 8.99. The van der Waals surface area contributed by atoms with Crippen LogP contribution in [0.4, 0.5) is 5.69 Å². The number of anilines is 1. The SMILES string of the molecule is N#Cc1ccc(Br)cc1Oc1ccc(N)c(Cl)c1. The Morgan fingerprint density at radius 1 is 1.22 bits per heavy atom. The van der Waals surface area contributed by atoms with Crippen LogP contribution in [-0.4, -0.2) is 0 Å². The van der Waals surface area contributed by atoms with Gasteiger partial charge in [0.05, 0.1) is 16.3 Å². The van der Waals surface area contributed by atoms with E-state index in [0.29, 0.717) is 27.8 Å². The summed E-state index contributed by atoms with van der Waals surface area (Å²) >= 11 is 9.24. The highest BCUT2D eigenvalue weighted by Crippen LogP contribution is 2.31. The van der Waals surface area contributed by atoms with E-state index in [2.05, 4.69) is 22.0 Å². The van der Waals surface area contributed by atoms with Gasteiger partial charge in [-0.05, 0) is 30.3 Å². The number of hydrogen-bond acceptors (Lipinski definition) is 3. The normalized spacial score (nSPS) is 9.83. The predicted molar refractivity (Wildman–Crippen MR) is 74.8 cm³/mol. The third kappa shape index (κ3) is 2.76. The highest BCUT2D eigenvalue weighted by atomic mass is 79.9. The third-order valence-electron chi connectivity index (χ3n) is 2.26. The molecule has 5 heteroatoms. The zero-order chi connectivity index (χ0) is 13.1. The standard InChI is InChI=1S/C13H8BrClN2O/c14-9-2-1-8(7-16)13(5-9)18-10-3-4-12(17)11(15)6-10/h1-6H,17H2. The van der Waals surface area contributed by atoms with E-state index in [0.717, 1.165) is 4.47 Å². The lowest BCUT2D eigenvalue weighted by molar-refractivity contribution is 0.481. The maximum Gasteiger partial charge on any atom is 0.146 e. The summed E-state index contributed by atoms with van der Waals surface area (Å²) in [5, 5.41) is 9.41. The first kappa shape index (κ1) is 12.7. The molecular formula is C13H8BrClN2O. The van der Waals surface area contributed by atoms with E-state index < -0.39 is 0 Å². The topological polar surface area (TPSA) is 59.0 Å². The number of nitrogens with two attached hydrogens (primary N) is 1. The van der Waals surface area contributed by atoms with E-state index in [1.807, 2.05) is 0 Å². The second-order valence-corrected chi connectivity index (χ2v) is 4.86. The molecule has 3 nitrogen and oxygen atoms in total. The number of ether oxygens (including phenoxy) is 1. The van der Waals surface area contributed by atoms with Gasteiger partial charge < -0.3 is 10.5 Å². The minimum Gasteiger partial charge on any atom is -0.456 e. The van der Waals surface area contributed by atoms with Gasteiger partial charge in [-0.15, -0.1) is 0 Å². The summed E-state index contributed by atoms with van der Waals surface area (Å²) < 4.78 is 6.46. The molecule has 0 unspecified atom stereocenters. The summed E-state index contributed by atoms with van der Waals surface area (Å²) in [6.07, 6.45) is 0. The van der Waals surface area contributed by atoms with E-state index in [1.54, 1.807) is 36.4 Å². The number of rotatable bonds is 2. The molecule has 0 atom stereocenters. The summed E-state index contributed by atoms with van der Waals surface area (Å²) in [4.78, 5) is 0. The van der Waals surface area contributed by atoms with Crippen molar-refractivity contribution < 1.29 is 4.74 Å². The van der Waals surface area contributed by atoms with Gasteiger partial charge in [0.15, 0.2) is 0 Å². The van der Waals surface area contributed by atoms with Gasteiger partial charge in [-0.1, -0.05) is 27.5 Å². The molecule has 0 radical (unpaired) electrons. The first-order valence-corrected chi connectivity index (χ1v) is 6.20. The second-order valence-electron chi connectivity index (χ2n) is 3.54. The zero-order valence-corrected chi connectivity index (χ0v) is 11.5. The molecule has 2 N–H and O–H groups in total. The smallest absolute Gasteiger partial charge is 0.146 e. The van der Waals surface area contributed by atoms with Crippen LogP contribution in [0.25, 0.3) is 0 Å². The number of benzene rings is 2. The van der Waals surface area contributed by atoms with Crippen LogP contribution < -0.4 is 10.5 Å². The molecule has 2 aromatic carbocycles. The predicted octanol–water partition coefficient (Wildman–Crippen LogP) is 4.35. The van der Waals surface area contributed by atoms with Crippen LogP contribution in [0.15, 0.2) is 40.9 Å². The summed E-state index contributed by atoms with van der Waals surface area (Å²) in [7, 11) is 0. The quantitative estimate of drug-likeness (QED) is 0.836. The Bertz CT molecular complexity index is 637. The van der Waals surface area contributed by atoms with E-state index in [9.17, 15) is 0 Å². The van der Waals surface area contributed by atoms with E-state index >= 15 is 0 Å². The largest absolute Gasteiger partial charge is 0.456 e. The summed E-state index contributed by atoms with van der Waals surface area (Å²) in [6.45, 7) is 0. The second kappa shape index (κ2) is 5.30. The van der Waals surface area contributed by atoms with Gasteiger partial charge in [0.1, 0.15) is 17.6 Å². The molecule has 0 bridgehead atoms. The Hall–Kier alpha value is -1.70. The van der Waals surface area contributed by atoms with Gasteiger partial charge in [0.25, 0.3) is 0 Å². The monoisotopic (exact) mass is 322 g/mol. The van der Waals surface area contributed by atoms with Crippen LogP contribution in [0, 0.1) is 11.3 Å². The molecule has 0 aromatic heterocycles. The van der Waals surface area contributed by atoms with Crippen molar-refractivity contribution in [3.05, 3.63) is 51.5 Å². The van der Waals surface area contributed by atoms with Crippen molar-refractivity contribution in [2.75, 3.05) is 5.73 Å². The van der Waals surface area contributed by atoms with E-state index in [1.165, 1.54) is 0 Å². The van der Waals surface area contributed by atoms with Crippen molar-refractivity contribution in [2.24, 2.45) is 0 Å². The summed E-state index contributed by atoms with van der Waals surface area (Å²) in [5.41, 5.74) is 6.55. The molecule has 0 saturated carbocycles. The lowest BCUT2D eigenvalue weighted by Crippen LogP contribution is -1.90. The van der Waals surface area contributed by atoms with Crippen LogP contribution in [0.3, 0.4) is 0 Å². The minimum absolute atomic E-state index is 0.418. The van der Waals surface area contributed by atoms with Gasteiger partial charge >= 0.3 is 0 Å². The molecule has 90 valence electrons. The lowest BCUT2D eigenvalue weighted by atomic mass is 10.2. The molecule has 0 saturated heterocycles. The van der Waals surface area contributed by atoms with E-state index in [-0.39, 0.29) is 0 Å². The number of nitriles is 1. The molecule has 0 aliphatic heterocycles. The molecule has 18 heavy (non-hydrogen) atoms. The van der Waals surface area contributed by atoms with Gasteiger partial charge in [0.2, 0.25) is 0 Å². The average Bonchev–Trinajstić information content (AvgIpc) is 2.34. The molecule has 0 amide bonds. The van der Waals surface area contributed by atoms with Crippen molar-refractivity contribution in [3.63, 3.8) is 0 Å². The van der Waals surface area contributed by atoms with Crippen molar-refractivity contribution in [3.8, 4) is 17.6 Å². The lowest BCUT2D eigenvalue weighted by Gasteiger charge is -2.08.